The molecule has 0 saturated heterocycles. The molecule has 0 aliphatic carbocycles. The molecule has 1 aromatic rings. The number of guanidine groups is 1. The number of carbonyl (C=O) groups is 8. The molecule has 0 spiro atoms. The molecule has 0 aromatic heterocycles. The lowest BCUT2D eigenvalue weighted by Gasteiger charge is -2.26. The highest BCUT2D eigenvalue weighted by Crippen LogP contribution is 2.09. The summed E-state index contributed by atoms with van der Waals surface area (Å²) in [6, 6.07) is 0.537. The third-order valence-corrected chi connectivity index (χ3v) is 6.77. The van der Waals surface area contributed by atoms with Crippen LogP contribution in [-0.4, -0.2) is 111 Å². The lowest BCUT2D eigenvalue weighted by Crippen LogP contribution is -2.59. The fraction of sp³-hybridized carbons (Fsp3) is 0.483. The van der Waals surface area contributed by atoms with E-state index < -0.39 is 103 Å². The Labute approximate surface area is 279 Å². The first-order chi connectivity index (χ1) is 23.0. The van der Waals surface area contributed by atoms with Crippen molar-refractivity contribution < 1.29 is 58.8 Å². The Balaban J connectivity index is 3.34. The highest BCUT2D eigenvalue weighted by Gasteiger charge is 2.32. The molecule has 0 radical (unpaired) electrons. The molecule has 0 aliphatic heterocycles. The minimum Gasteiger partial charge on any atom is -0.481 e. The maximum absolute atomic E-state index is 13.6. The number of nitrogens with two attached hydrogens (primary N) is 3. The Morgan fingerprint density at radius 3 is 1.65 bits per heavy atom. The fourth-order valence-corrected chi connectivity index (χ4v) is 4.25. The molecule has 20 nitrogen and oxygen atoms in total. The summed E-state index contributed by atoms with van der Waals surface area (Å²) in [4.78, 5) is 102. The maximum Gasteiger partial charge on any atom is 0.326 e. The number of rotatable bonds is 23. The summed E-state index contributed by atoms with van der Waals surface area (Å²) in [6.45, 7) is 0.00298. The zero-order valence-electron chi connectivity index (χ0n) is 26.4. The molecule has 20 heteroatoms. The van der Waals surface area contributed by atoms with Crippen LogP contribution in [0.25, 0.3) is 0 Å². The Kier molecular flexibility index (Phi) is 17.8. The van der Waals surface area contributed by atoms with Gasteiger partial charge in [-0.15, -0.1) is 0 Å². The molecule has 0 fully saturated rings. The standard InChI is InChI=1S/C29H42N8O12/c30-16(8-10-21(38)39)24(44)34-18(9-11-22(40)41)26(46)35-17(7-4-12-33-29(31)32)25(45)36-19(13-15-5-2-1-3-6-15)27(47)37-20(28(48)49)14-23(42)43/h1-3,5-6,16-20H,4,7-14,30H2,(H,34,44)(H,35,46)(H,36,45)(H,37,47)(H,38,39)(H,40,41)(H,42,43)(H,48,49)(H4,31,32,33)/t16-,17-,18-,19-,20-/m0/s1. The molecule has 14 N–H and O–H groups in total. The van der Waals surface area contributed by atoms with Crippen molar-refractivity contribution in [3.05, 3.63) is 35.9 Å². The summed E-state index contributed by atoms with van der Waals surface area (Å²) in [5.74, 6) is -9.90. The lowest BCUT2D eigenvalue weighted by molar-refractivity contribution is -0.147. The largest absolute Gasteiger partial charge is 0.481 e. The van der Waals surface area contributed by atoms with Crippen molar-refractivity contribution in [3.63, 3.8) is 0 Å². The van der Waals surface area contributed by atoms with Crippen LogP contribution in [0.1, 0.15) is 50.5 Å². The van der Waals surface area contributed by atoms with Gasteiger partial charge in [-0.2, -0.15) is 0 Å². The fourth-order valence-electron chi connectivity index (χ4n) is 4.25. The second-order valence-electron chi connectivity index (χ2n) is 10.8. The van der Waals surface area contributed by atoms with Crippen molar-refractivity contribution in [1.29, 1.82) is 0 Å². The lowest BCUT2D eigenvalue weighted by atomic mass is 10.0. The maximum atomic E-state index is 13.6. The van der Waals surface area contributed by atoms with Crippen molar-refractivity contribution in [3.8, 4) is 0 Å². The molecule has 0 heterocycles. The zero-order chi connectivity index (χ0) is 37.1. The second-order valence-corrected chi connectivity index (χ2v) is 10.8. The van der Waals surface area contributed by atoms with Crippen LogP contribution in [0.2, 0.25) is 0 Å². The Morgan fingerprint density at radius 2 is 1.12 bits per heavy atom. The number of carboxylic acids is 4. The van der Waals surface area contributed by atoms with E-state index in [1.807, 2.05) is 0 Å². The minimum absolute atomic E-state index is 0.00298. The highest BCUT2D eigenvalue weighted by molar-refractivity contribution is 5.96. The van der Waals surface area contributed by atoms with Gasteiger partial charge in [0.05, 0.1) is 12.5 Å². The van der Waals surface area contributed by atoms with Crippen molar-refractivity contribution in [2.75, 3.05) is 6.54 Å². The van der Waals surface area contributed by atoms with Crippen LogP contribution < -0.4 is 38.5 Å². The van der Waals surface area contributed by atoms with Crippen LogP contribution in [0.15, 0.2) is 35.3 Å². The molecule has 0 unspecified atom stereocenters. The van der Waals surface area contributed by atoms with Crippen LogP contribution in [0, 0.1) is 0 Å². The van der Waals surface area contributed by atoms with E-state index in [1.165, 1.54) is 0 Å². The van der Waals surface area contributed by atoms with Gasteiger partial charge in [0, 0.05) is 25.8 Å². The number of hydrogen-bond donors (Lipinski definition) is 11. The second kappa shape index (κ2) is 21.2. The molecular formula is C29H42N8O12. The number of aliphatic imine (C=N–C) groups is 1. The Hall–Kier alpha value is -5.79. The first-order valence-electron chi connectivity index (χ1n) is 14.9. The van der Waals surface area contributed by atoms with E-state index in [4.69, 9.17) is 32.5 Å². The number of aliphatic carboxylic acids is 4. The summed E-state index contributed by atoms with van der Waals surface area (Å²) in [5, 5.41) is 45.7. The Bertz CT molecular complexity index is 1370. The zero-order valence-corrected chi connectivity index (χ0v) is 26.4. The van der Waals surface area contributed by atoms with Crippen LogP contribution in [0.4, 0.5) is 0 Å². The van der Waals surface area contributed by atoms with Gasteiger partial charge < -0.3 is 58.9 Å². The summed E-state index contributed by atoms with van der Waals surface area (Å²) in [6.07, 6.45) is -2.98. The van der Waals surface area contributed by atoms with E-state index in [0.29, 0.717) is 5.56 Å². The monoisotopic (exact) mass is 694 g/mol. The molecule has 0 saturated carbocycles. The molecule has 0 aliphatic rings. The van der Waals surface area contributed by atoms with Gasteiger partial charge in [0.15, 0.2) is 5.96 Å². The predicted molar refractivity (Wildman–Crippen MR) is 169 cm³/mol. The average molecular weight is 695 g/mol. The SMILES string of the molecule is NC(N)=NCCC[C@H](NC(=O)[C@H](CCC(=O)O)NC(=O)[C@@H](N)CCC(=O)O)C(=O)N[C@@H](Cc1ccccc1)C(=O)N[C@@H](CC(=O)O)C(=O)O. The topological polar surface area (TPSA) is 356 Å². The van der Waals surface area contributed by atoms with Gasteiger partial charge in [-0.1, -0.05) is 30.3 Å². The third kappa shape index (κ3) is 17.1. The summed E-state index contributed by atoms with van der Waals surface area (Å²) < 4.78 is 0. The number of hydrogen-bond acceptors (Lipinski definition) is 10. The molecular weight excluding hydrogens is 652 g/mol. The van der Waals surface area contributed by atoms with E-state index >= 15 is 0 Å². The first-order valence-corrected chi connectivity index (χ1v) is 14.9. The predicted octanol–water partition coefficient (Wildman–Crippen LogP) is -3.16. The van der Waals surface area contributed by atoms with Crippen LogP contribution >= 0.6 is 0 Å². The van der Waals surface area contributed by atoms with Crippen LogP contribution in [-0.2, 0) is 44.8 Å². The molecule has 49 heavy (non-hydrogen) atoms. The molecule has 0 bridgehead atoms. The van der Waals surface area contributed by atoms with Crippen molar-refractivity contribution in [1.82, 2.24) is 21.3 Å². The Morgan fingerprint density at radius 1 is 0.633 bits per heavy atom. The number of benzene rings is 1. The van der Waals surface area contributed by atoms with Gasteiger partial charge >= 0.3 is 23.9 Å². The first kappa shape index (κ1) is 41.2. The third-order valence-electron chi connectivity index (χ3n) is 6.77. The summed E-state index contributed by atoms with van der Waals surface area (Å²) in [7, 11) is 0. The van der Waals surface area contributed by atoms with E-state index in [-0.39, 0.29) is 38.2 Å². The quantitative estimate of drug-likeness (QED) is 0.0306. The highest BCUT2D eigenvalue weighted by atomic mass is 16.4. The van der Waals surface area contributed by atoms with E-state index in [0.717, 1.165) is 0 Å². The average Bonchev–Trinajstić information content (AvgIpc) is 3.02. The van der Waals surface area contributed by atoms with Gasteiger partial charge in [-0.25, -0.2) is 4.79 Å². The van der Waals surface area contributed by atoms with Gasteiger partial charge in [0.2, 0.25) is 23.6 Å². The van der Waals surface area contributed by atoms with Gasteiger partial charge in [-0.3, -0.25) is 38.6 Å². The minimum atomic E-state index is -1.84. The number of carboxylic acid groups (broad SMARTS) is 4. The molecule has 4 amide bonds. The van der Waals surface area contributed by atoms with Gasteiger partial charge in [0.1, 0.15) is 24.2 Å². The van der Waals surface area contributed by atoms with Crippen molar-refractivity contribution in [2.45, 2.75) is 81.6 Å². The van der Waals surface area contributed by atoms with Crippen LogP contribution in [0.5, 0.6) is 0 Å². The summed E-state index contributed by atoms with van der Waals surface area (Å²) >= 11 is 0. The smallest absolute Gasteiger partial charge is 0.326 e. The van der Waals surface area contributed by atoms with E-state index in [9.17, 15) is 43.5 Å². The number of carbonyl (C=O) groups excluding carboxylic acids is 4. The molecule has 1 aromatic carbocycles. The molecule has 5 atom stereocenters. The molecule has 270 valence electrons. The van der Waals surface area contributed by atoms with Gasteiger partial charge in [-0.05, 0) is 31.2 Å². The summed E-state index contributed by atoms with van der Waals surface area (Å²) in [5.41, 5.74) is 16.9. The number of nitrogens with zero attached hydrogens (tertiary/aromatic N) is 1. The van der Waals surface area contributed by atoms with Crippen molar-refractivity contribution in [2.24, 2.45) is 22.2 Å². The van der Waals surface area contributed by atoms with E-state index in [1.54, 1.807) is 30.3 Å². The van der Waals surface area contributed by atoms with Crippen LogP contribution in [0.3, 0.4) is 0 Å². The van der Waals surface area contributed by atoms with Crippen molar-refractivity contribution >= 4 is 53.5 Å². The number of amides is 4. The van der Waals surface area contributed by atoms with E-state index in [2.05, 4.69) is 26.3 Å². The molecule has 1 rings (SSSR count). The van der Waals surface area contributed by atoms with Gasteiger partial charge in [0.25, 0.3) is 0 Å². The number of nitrogens with one attached hydrogen (secondary N) is 4. The normalized spacial score (nSPS) is 13.7.